The van der Waals surface area contributed by atoms with Crippen LogP contribution in [0.4, 0.5) is 0 Å². The van der Waals surface area contributed by atoms with Gasteiger partial charge in [0.25, 0.3) is 0 Å². The van der Waals surface area contributed by atoms with Crippen LogP contribution in [-0.2, 0) is 35.0 Å². The van der Waals surface area contributed by atoms with Gasteiger partial charge in [-0.15, -0.1) is 11.3 Å². The zero-order valence-corrected chi connectivity index (χ0v) is 39.9. The highest BCUT2D eigenvalue weighted by Gasteiger charge is 2.60. The Kier molecular flexibility index (Phi) is 14.0. The number of nitrogens with zero attached hydrogens (tertiary/aromatic N) is 4. The second kappa shape index (κ2) is 19.1. The van der Waals surface area contributed by atoms with Gasteiger partial charge in [0.2, 0.25) is 5.91 Å². The molecular weight excluding hydrogens is 840 g/mol. The fraction of sp³-hybridized carbons (Fsp3) is 0.694. The molecule has 0 radical (unpaired) electrons. The van der Waals surface area contributed by atoms with E-state index in [0.29, 0.717) is 77.9 Å². The number of aromatic nitrogens is 2. The molecule has 0 N–H and O–H groups in total. The summed E-state index contributed by atoms with van der Waals surface area (Å²) in [6.45, 7) is 17.3. The molecule has 1 aromatic carbocycles. The van der Waals surface area contributed by atoms with E-state index in [1.165, 1.54) is 13.5 Å². The number of thiazole rings is 1. The fourth-order valence-electron chi connectivity index (χ4n) is 10.5. The van der Waals surface area contributed by atoms with Crippen LogP contribution in [0.5, 0.6) is 11.5 Å². The molecule has 2 aromatic heterocycles. The Hall–Kier alpha value is -3.52. The second-order valence-electron chi connectivity index (χ2n) is 20.4. The monoisotopic (exact) mass is 906 g/mol. The smallest absolute Gasteiger partial charge is 0.312 e. The van der Waals surface area contributed by atoms with Crippen LogP contribution in [0, 0.1) is 40.4 Å². The molecule has 5 aliphatic rings. The first-order valence-electron chi connectivity index (χ1n) is 23.4. The molecule has 3 saturated carbocycles. The summed E-state index contributed by atoms with van der Waals surface area (Å²) in [5.41, 5.74) is 0.896. The number of likely N-dealkylation sites (tertiary alicyclic amines) is 1. The molecule has 344 valence electrons. The molecule has 3 aromatic rings. The number of benzene rings is 1. The quantitative estimate of drug-likeness (QED) is 0.113. The van der Waals surface area contributed by atoms with Crippen molar-refractivity contribution in [3.8, 4) is 22.9 Å². The number of carbonyl (C=O) groups excluding carboxylic acids is 3. The predicted octanol–water partition coefficient (Wildman–Crippen LogP) is 9.03. The number of hydrogen-bond acceptors (Lipinski definition) is 12. The number of hydrogen-bond donors (Lipinski definition) is 0. The van der Waals surface area contributed by atoms with Crippen LogP contribution in [0.25, 0.3) is 22.3 Å². The lowest BCUT2D eigenvalue weighted by molar-refractivity contribution is -0.156. The first-order valence-corrected chi connectivity index (χ1v) is 24.7. The molecule has 1 amide bonds. The molecule has 2 saturated heterocycles. The van der Waals surface area contributed by atoms with Crippen molar-refractivity contribution in [1.82, 2.24) is 19.8 Å². The summed E-state index contributed by atoms with van der Waals surface area (Å²) in [6.07, 6.45) is 7.00. The van der Waals surface area contributed by atoms with E-state index in [0.717, 1.165) is 81.0 Å². The summed E-state index contributed by atoms with van der Waals surface area (Å²) in [5, 5.41) is 4.20. The fourth-order valence-corrected chi connectivity index (χ4v) is 11.8. The van der Waals surface area contributed by atoms with Crippen LogP contribution in [0.1, 0.15) is 104 Å². The van der Waals surface area contributed by atoms with E-state index in [9.17, 15) is 14.4 Å². The van der Waals surface area contributed by atoms with Crippen molar-refractivity contribution in [2.75, 3.05) is 53.1 Å². The molecule has 0 spiro atoms. The van der Waals surface area contributed by atoms with Gasteiger partial charge in [-0.25, -0.2) is 9.97 Å². The summed E-state index contributed by atoms with van der Waals surface area (Å²) >= 11 is 8.80. The van der Waals surface area contributed by atoms with Crippen molar-refractivity contribution >= 4 is 51.7 Å². The Labute approximate surface area is 382 Å². The maximum Gasteiger partial charge on any atom is 0.312 e. The third kappa shape index (κ3) is 10.5. The van der Waals surface area contributed by atoms with Gasteiger partial charge in [-0.05, 0) is 79.7 Å². The van der Waals surface area contributed by atoms with E-state index in [-0.39, 0.29) is 48.4 Å². The number of carbonyl (C=O) groups is 3. The number of halogens is 1. The molecule has 0 bridgehead atoms. The number of pyridine rings is 1. The van der Waals surface area contributed by atoms with Crippen molar-refractivity contribution in [3.05, 3.63) is 33.6 Å². The highest BCUT2D eigenvalue weighted by Crippen LogP contribution is 2.59. The molecule has 63 heavy (non-hydrogen) atoms. The second-order valence-corrected chi connectivity index (χ2v) is 21.7. The van der Waals surface area contributed by atoms with Gasteiger partial charge in [0.15, 0.2) is 0 Å². The number of methoxy groups -OCH3 is 1. The van der Waals surface area contributed by atoms with Gasteiger partial charge in [-0.1, -0.05) is 59.6 Å². The maximum atomic E-state index is 15.0. The first kappa shape index (κ1) is 46.0. The van der Waals surface area contributed by atoms with Crippen molar-refractivity contribution in [1.29, 1.82) is 0 Å². The summed E-state index contributed by atoms with van der Waals surface area (Å²) in [7, 11) is 1.46. The molecular formula is C49H67ClN4O8S. The SMILES string of the molecule is CC[C@@H]1C[C@]1(CC[C@@H]1C[C@@H](Oc2cc(-c3csc(CC(C)C)n3)nc3c(Cl)c(OCCN4CCOCC4)ccc23)CN1C(=O)[C@@H](CC(=O)OC1C[C@@H]2C[C@@H]2C1)C(C)(C)C)C(=O)OC. The summed E-state index contributed by atoms with van der Waals surface area (Å²) in [6, 6.07) is 5.55. The minimum Gasteiger partial charge on any atom is -0.491 e. The summed E-state index contributed by atoms with van der Waals surface area (Å²) in [4.78, 5) is 56.0. The Bertz CT molecular complexity index is 2120. The number of amides is 1. The summed E-state index contributed by atoms with van der Waals surface area (Å²) in [5.74, 6) is 2.07. The van der Waals surface area contributed by atoms with Gasteiger partial charge in [0, 0.05) is 55.4 Å². The van der Waals surface area contributed by atoms with Crippen LogP contribution in [0.15, 0.2) is 23.6 Å². The maximum absolute atomic E-state index is 15.0. The number of rotatable bonds is 18. The molecule has 3 aliphatic carbocycles. The van der Waals surface area contributed by atoms with Crippen LogP contribution in [-0.4, -0.2) is 109 Å². The number of ether oxygens (including phenoxy) is 5. The minimum atomic E-state index is -0.598. The van der Waals surface area contributed by atoms with Crippen molar-refractivity contribution in [3.63, 3.8) is 0 Å². The lowest BCUT2D eigenvalue weighted by Crippen LogP contribution is -2.45. The average Bonchev–Trinajstić information content (AvgIpc) is 3.95. The lowest BCUT2D eigenvalue weighted by atomic mass is 9.77. The Balaban J connectivity index is 1.08. The lowest BCUT2D eigenvalue weighted by Gasteiger charge is -2.35. The van der Waals surface area contributed by atoms with Crippen molar-refractivity contribution in [2.24, 2.45) is 40.4 Å². The van der Waals surface area contributed by atoms with Gasteiger partial charge >= 0.3 is 11.9 Å². The van der Waals surface area contributed by atoms with E-state index in [1.807, 2.05) is 49.3 Å². The molecule has 2 aliphatic heterocycles. The highest BCUT2D eigenvalue weighted by atomic mass is 35.5. The van der Waals surface area contributed by atoms with E-state index in [4.69, 9.17) is 45.3 Å². The standard InChI is InChI=1S/C49H67ClN4O8S/c1-8-32-26-49(32,47(57)58-7)12-11-33-23-35(27-54(33)46(56)37(48(4,5)6)24-43(55)62-34-21-30-20-31(30)22-34)61-41-25-38(39-28-63-42(51-39)19-29(2)3)52-45-36(41)9-10-40(44(45)50)60-18-15-53-13-16-59-17-14-53/h9-10,25,28-35,37H,8,11-24,26-27H2,1-7H3/t30-,31+,32-,33-,34?,35-,37-,49+/m1/s1. The first-order chi connectivity index (χ1) is 30.1. The molecule has 1 unspecified atom stereocenters. The van der Waals surface area contributed by atoms with E-state index in [2.05, 4.69) is 25.7 Å². The van der Waals surface area contributed by atoms with Crippen LogP contribution >= 0.6 is 22.9 Å². The van der Waals surface area contributed by atoms with Crippen molar-refractivity contribution < 1.29 is 38.1 Å². The molecule has 8 atom stereocenters. The normalized spacial score (nSPS) is 27.3. The molecule has 12 nitrogen and oxygen atoms in total. The minimum absolute atomic E-state index is 0.0209. The van der Waals surface area contributed by atoms with Crippen molar-refractivity contribution in [2.45, 2.75) is 124 Å². The molecule has 4 heterocycles. The Morgan fingerprint density at radius 1 is 1.02 bits per heavy atom. The van der Waals surface area contributed by atoms with Crippen LogP contribution < -0.4 is 9.47 Å². The third-order valence-corrected chi connectivity index (χ3v) is 15.7. The van der Waals surface area contributed by atoms with E-state index in [1.54, 1.807) is 11.3 Å². The highest BCUT2D eigenvalue weighted by molar-refractivity contribution is 7.09. The molecule has 8 rings (SSSR count). The number of morpholine rings is 1. The van der Waals surface area contributed by atoms with Gasteiger partial charge in [-0.2, -0.15) is 0 Å². The molecule has 5 fully saturated rings. The van der Waals surface area contributed by atoms with Gasteiger partial charge in [0.05, 0.1) is 66.5 Å². The predicted molar refractivity (Wildman–Crippen MR) is 244 cm³/mol. The molecule has 14 heteroatoms. The average molecular weight is 908 g/mol. The van der Waals surface area contributed by atoms with Gasteiger partial charge in [-0.3, -0.25) is 19.3 Å². The largest absolute Gasteiger partial charge is 0.491 e. The van der Waals surface area contributed by atoms with Crippen LogP contribution in [0.2, 0.25) is 5.02 Å². The Morgan fingerprint density at radius 2 is 1.78 bits per heavy atom. The van der Waals surface area contributed by atoms with E-state index >= 15 is 0 Å². The van der Waals surface area contributed by atoms with E-state index < -0.39 is 16.7 Å². The van der Waals surface area contributed by atoms with Gasteiger partial charge < -0.3 is 28.6 Å². The number of fused-ring (bicyclic) bond motifs is 2. The summed E-state index contributed by atoms with van der Waals surface area (Å²) < 4.78 is 30.1. The van der Waals surface area contributed by atoms with Gasteiger partial charge in [0.1, 0.15) is 35.3 Å². The third-order valence-electron chi connectivity index (χ3n) is 14.4. The zero-order valence-electron chi connectivity index (χ0n) is 38.3. The zero-order chi connectivity index (χ0) is 44.6. The Morgan fingerprint density at radius 3 is 2.46 bits per heavy atom. The topological polar surface area (TPSA) is 130 Å². The van der Waals surface area contributed by atoms with Crippen LogP contribution in [0.3, 0.4) is 0 Å². The number of esters is 2.